The second kappa shape index (κ2) is 6.25. The van der Waals surface area contributed by atoms with Crippen LogP contribution >= 0.6 is 0 Å². The number of rotatable bonds is 4. The number of carbonyl (C=O) groups excluding carboxylic acids is 1. The number of carboxylic acid groups (broad SMARTS) is 2. The number of aryl methyl sites for hydroxylation is 1. The Hall–Kier alpha value is -2.57. The number of benzene rings is 1. The summed E-state index contributed by atoms with van der Waals surface area (Å²) in [7, 11) is 0. The first-order valence-electron chi connectivity index (χ1n) is 6.57. The number of hydrogen-bond donors (Lipinski definition) is 2. The second-order valence-electron chi connectivity index (χ2n) is 4.81. The number of hydrogen-bond acceptors (Lipinski definition) is 3. The van der Waals surface area contributed by atoms with Gasteiger partial charge < -0.3 is 15.1 Å². The van der Waals surface area contributed by atoms with Crippen LogP contribution in [-0.4, -0.2) is 52.7 Å². The van der Waals surface area contributed by atoms with E-state index in [0.717, 1.165) is 29.0 Å². The molecular weight excluding hydrogens is 276 g/mol. The van der Waals surface area contributed by atoms with Crippen LogP contribution in [0.25, 0.3) is 0 Å². The number of para-hydroxylation sites is 1. The Labute approximate surface area is 121 Å². The Morgan fingerprint density at radius 1 is 1.10 bits per heavy atom. The van der Waals surface area contributed by atoms with Crippen molar-refractivity contribution in [2.75, 3.05) is 24.5 Å². The van der Waals surface area contributed by atoms with Gasteiger partial charge in [0.2, 0.25) is 0 Å². The standard InChI is InChI=1S/C14H16N2O5/c17-12(18)8-15(9-13(19)20)14(21)16-7-3-5-10-4-1-2-6-11(10)16/h1-2,4,6H,3,5,7-9H2,(H,17,18)(H,19,20). The van der Waals surface area contributed by atoms with Crippen molar-refractivity contribution < 1.29 is 24.6 Å². The van der Waals surface area contributed by atoms with Crippen LogP contribution in [-0.2, 0) is 16.0 Å². The summed E-state index contributed by atoms with van der Waals surface area (Å²) in [5, 5.41) is 17.7. The summed E-state index contributed by atoms with van der Waals surface area (Å²) >= 11 is 0. The van der Waals surface area contributed by atoms with Crippen molar-refractivity contribution in [1.82, 2.24) is 4.90 Å². The molecule has 0 fully saturated rings. The quantitative estimate of drug-likeness (QED) is 0.863. The van der Waals surface area contributed by atoms with Gasteiger partial charge >= 0.3 is 18.0 Å². The summed E-state index contributed by atoms with van der Waals surface area (Å²) < 4.78 is 0. The van der Waals surface area contributed by atoms with Crippen molar-refractivity contribution in [3.05, 3.63) is 29.8 Å². The fourth-order valence-electron chi connectivity index (χ4n) is 2.42. The average molecular weight is 292 g/mol. The first-order valence-corrected chi connectivity index (χ1v) is 6.57. The molecule has 21 heavy (non-hydrogen) atoms. The van der Waals surface area contributed by atoms with Crippen molar-refractivity contribution >= 4 is 23.7 Å². The molecule has 2 rings (SSSR count). The van der Waals surface area contributed by atoms with Crippen molar-refractivity contribution in [3.8, 4) is 0 Å². The van der Waals surface area contributed by atoms with Gasteiger partial charge in [-0.15, -0.1) is 0 Å². The van der Waals surface area contributed by atoms with Gasteiger partial charge in [-0.2, -0.15) is 0 Å². The van der Waals surface area contributed by atoms with Gasteiger partial charge in [0, 0.05) is 12.2 Å². The third-order valence-corrected chi connectivity index (χ3v) is 3.26. The summed E-state index contributed by atoms with van der Waals surface area (Å²) in [6, 6.07) is 6.77. The molecule has 7 heteroatoms. The first kappa shape index (κ1) is 14.8. The van der Waals surface area contributed by atoms with Crippen LogP contribution in [0.1, 0.15) is 12.0 Å². The zero-order chi connectivity index (χ0) is 15.4. The Morgan fingerprint density at radius 3 is 2.33 bits per heavy atom. The minimum Gasteiger partial charge on any atom is -0.480 e. The molecule has 1 aromatic carbocycles. The molecule has 0 aromatic heterocycles. The molecule has 0 bridgehead atoms. The van der Waals surface area contributed by atoms with E-state index in [2.05, 4.69) is 0 Å². The topological polar surface area (TPSA) is 98.1 Å². The van der Waals surface area contributed by atoms with Crippen LogP contribution in [0, 0.1) is 0 Å². The van der Waals surface area contributed by atoms with Crippen LogP contribution in [0.2, 0.25) is 0 Å². The van der Waals surface area contributed by atoms with Gasteiger partial charge in [-0.25, -0.2) is 4.79 Å². The van der Waals surface area contributed by atoms with E-state index in [1.54, 1.807) is 12.1 Å². The van der Waals surface area contributed by atoms with E-state index < -0.39 is 31.1 Å². The van der Waals surface area contributed by atoms with E-state index in [1.165, 1.54) is 4.90 Å². The number of urea groups is 1. The van der Waals surface area contributed by atoms with E-state index in [9.17, 15) is 14.4 Å². The van der Waals surface area contributed by atoms with E-state index in [1.807, 2.05) is 12.1 Å². The number of aliphatic carboxylic acids is 2. The Balaban J connectivity index is 2.25. The van der Waals surface area contributed by atoms with Crippen molar-refractivity contribution in [1.29, 1.82) is 0 Å². The smallest absolute Gasteiger partial charge is 0.325 e. The van der Waals surface area contributed by atoms with Crippen molar-refractivity contribution in [2.24, 2.45) is 0 Å². The maximum Gasteiger partial charge on any atom is 0.325 e. The van der Waals surface area contributed by atoms with Crippen molar-refractivity contribution in [2.45, 2.75) is 12.8 Å². The lowest BCUT2D eigenvalue weighted by Crippen LogP contribution is -2.49. The highest BCUT2D eigenvalue weighted by molar-refractivity contribution is 5.96. The van der Waals surface area contributed by atoms with Crippen LogP contribution < -0.4 is 4.90 Å². The highest BCUT2D eigenvalue weighted by Gasteiger charge is 2.28. The van der Waals surface area contributed by atoms with Gasteiger partial charge in [0.15, 0.2) is 0 Å². The van der Waals surface area contributed by atoms with Gasteiger partial charge in [0.05, 0.1) is 0 Å². The predicted molar refractivity (Wildman–Crippen MR) is 74.3 cm³/mol. The highest BCUT2D eigenvalue weighted by Crippen LogP contribution is 2.27. The van der Waals surface area contributed by atoms with Crippen molar-refractivity contribution in [3.63, 3.8) is 0 Å². The maximum absolute atomic E-state index is 12.5. The fraction of sp³-hybridized carbons (Fsp3) is 0.357. The van der Waals surface area contributed by atoms with Crippen LogP contribution in [0.15, 0.2) is 24.3 Å². The number of carbonyl (C=O) groups is 3. The predicted octanol–water partition coefficient (Wildman–Crippen LogP) is 1.03. The van der Waals surface area contributed by atoms with E-state index in [0.29, 0.717) is 6.54 Å². The second-order valence-corrected chi connectivity index (χ2v) is 4.81. The minimum absolute atomic E-state index is 0.450. The van der Waals surface area contributed by atoms with E-state index in [4.69, 9.17) is 10.2 Å². The first-order chi connectivity index (χ1) is 9.99. The number of amides is 2. The van der Waals surface area contributed by atoms with Gasteiger partial charge in [0.1, 0.15) is 13.1 Å². The molecule has 0 aliphatic carbocycles. The Kier molecular flexibility index (Phi) is 4.42. The van der Waals surface area contributed by atoms with Gasteiger partial charge in [-0.05, 0) is 24.5 Å². The zero-order valence-electron chi connectivity index (χ0n) is 11.4. The van der Waals surface area contributed by atoms with E-state index >= 15 is 0 Å². The zero-order valence-corrected chi connectivity index (χ0v) is 11.4. The number of nitrogens with zero attached hydrogens (tertiary/aromatic N) is 2. The Morgan fingerprint density at radius 2 is 1.71 bits per heavy atom. The summed E-state index contributed by atoms with van der Waals surface area (Å²) in [5.41, 5.74) is 1.72. The summed E-state index contributed by atoms with van der Waals surface area (Å²) in [6.45, 7) is -0.820. The SMILES string of the molecule is O=C(O)CN(CC(=O)O)C(=O)N1CCCc2ccccc21. The molecule has 7 nitrogen and oxygen atoms in total. The molecule has 1 aromatic rings. The molecule has 1 aliphatic rings. The molecule has 0 atom stereocenters. The lowest BCUT2D eigenvalue weighted by Gasteiger charge is -2.33. The molecule has 0 saturated carbocycles. The van der Waals surface area contributed by atoms with Gasteiger partial charge in [-0.3, -0.25) is 14.5 Å². The summed E-state index contributed by atoms with van der Waals surface area (Å²) in [6.07, 6.45) is 1.61. The molecule has 2 N–H and O–H groups in total. The number of carboxylic acids is 2. The fourth-order valence-corrected chi connectivity index (χ4v) is 2.42. The summed E-state index contributed by atoms with van der Waals surface area (Å²) in [5.74, 6) is -2.48. The molecule has 0 radical (unpaired) electrons. The van der Waals surface area contributed by atoms with E-state index in [-0.39, 0.29) is 0 Å². The third-order valence-electron chi connectivity index (χ3n) is 3.26. The highest BCUT2D eigenvalue weighted by atomic mass is 16.4. The average Bonchev–Trinajstić information content (AvgIpc) is 2.44. The Bertz CT molecular complexity index is 556. The van der Waals surface area contributed by atoms with Gasteiger partial charge in [0.25, 0.3) is 0 Å². The monoisotopic (exact) mass is 292 g/mol. The molecule has 2 amide bonds. The molecule has 1 heterocycles. The lowest BCUT2D eigenvalue weighted by atomic mass is 10.0. The molecule has 0 saturated heterocycles. The number of anilines is 1. The molecule has 1 aliphatic heterocycles. The van der Waals surface area contributed by atoms with Gasteiger partial charge in [-0.1, -0.05) is 18.2 Å². The number of fused-ring (bicyclic) bond motifs is 1. The maximum atomic E-state index is 12.5. The van der Waals surface area contributed by atoms with Crippen LogP contribution in [0.3, 0.4) is 0 Å². The minimum atomic E-state index is -1.24. The van der Waals surface area contributed by atoms with Crippen LogP contribution in [0.5, 0.6) is 0 Å². The largest absolute Gasteiger partial charge is 0.480 e. The molecule has 112 valence electrons. The normalized spacial score (nSPS) is 13.4. The van der Waals surface area contributed by atoms with Crippen LogP contribution in [0.4, 0.5) is 10.5 Å². The summed E-state index contributed by atoms with van der Waals surface area (Å²) in [4.78, 5) is 36.4. The third kappa shape index (κ3) is 3.50. The lowest BCUT2D eigenvalue weighted by molar-refractivity contribution is -0.140. The molecule has 0 spiro atoms. The molecular formula is C14H16N2O5. The molecule has 0 unspecified atom stereocenters.